The highest BCUT2D eigenvalue weighted by Crippen LogP contribution is 2.24. The van der Waals surface area contributed by atoms with Gasteiger partial charge in [-0.3, -0.25) is 4.79 Å². The summed E-state index contributed by atoms with van der Waals surface area (Å²) in [6, 6.07) is 9.89. The van der Waals surface area contributed by atoms with E-state index in [0.717, 1.165) is 32.2 Å². The molecule has 3 aromatic rings. The van der Waals surface area contributed by atoms with Crippen LogP contribution in [0.4, 0.5) is 11.5 Å². The smallest absolute Gasteiger partial charge is 0.243 e. The molecule has 0 saturated heterocycles. The zero-order valence-electron chi connectivity index (χ0n) is 14.4. The standard InChI is InChI=1S/C19H19BrN4O/c1-11-6-12(2)18(13(3)7-11)24-17(25)9-21-19-15-8-14(20)4-5-16(15)22-10-23-19/h4-8,10H,9H2,1-3H3,(H,24,25)(H,21,22,23). The van der Waals surface area contributed by atoms with Crippen LogP contribution < -0.4 is 10.6 Å². The van der Waals surface area contributed by atoms with Crippen LogP contribution in [0.5, 0.6) is 0 Å². The van der Waals surface area contributed by atoms with Crippen molar-refractivity contribution in [2.24, 2.45) is 0 Å². The van der Waals surface area contributed by atoms with Crippen molar-refractivity contribution in [2.75, 3.05) is 17.2 Å². The van der Waals surface area contributed by atoms with E-state index in [1.54, 1.807) is 0 Å². The molecule has 0 atom stereocenters. The molecule has 1 amide bonds. The molecular weight excluding hydrogens is 380 g/mol. The van der Waals surface area contributed by atoms with Crippen LogP contribution in [0.2, 0.25) is 0 Å². The van der Waals surface area contributed by atoms with E-state index >= 15 is 0 Å². The molecule has 2 N–H and O–H groups in total. The molecule has 1 aromatic heterocycles. The number of rotatable bonds is 4. The van der Waals surface area contributed by atoms with Gasteiger partial charge in [0.05, 0.1) is 12.1 Å². The normalized spacial score (nSPS) is 10.7. The number of benzene rings is 2. The van der Waals surface area contributed by atoms with Crippen molar-refractivity contribution in [1.29, 1.82) is 0 Å². The molecule has 6 heteroatoms. The lowest BCUT2D eigenvalue weighted by Gasteiger charge is -2.14. The molecule has 1 heterocycles. The number of nitrogens with one attached hydrogen (secondary N) is 2. The number of halogens is 1. The summed E-state index contributed by atoms with van der Waals surface area (Å²) >= 11 is 3.45. The molecule has 5 nitrogen and oxygen atoms in total. The molecule has 0 radical (unpaired) electrons. The van der Waals surface area contributed by atoms with Gasteiger partial charge in [-0.2, -0.15) is 0 Å². The van der Waals surface area contributed by atoms with Crippen molar-refractivity contribution in [2.45, 2.75) is 20.8 Å². The van der Waals surface area contributed by atoms with Gasteiger partial charge in [-0.15, -0.1) is 0 Å². The van der Waals surface area contributed by atoms with Crippen LogP contribution in [0, 0.1) is 20.8 Å². The monoisotopic (exact) mass is 398 g/mol. The van der Waals surface area contributed by atoms with Crippen LogP contribution in [0.15, 0.2) is 41.1 Å². The molecule has 0 bridgehead atoms. The maximum Gasteiger partial charge on any atom is 0.243 e. The van der Waals surface area contributed by atoms with Crippen molar-refractivity contribution in [1.82, 2.24) is 9.97 Å². The van der Waals surface area contributed by atoms with Crippen LogP contribution in [0.25, 0.3) is 10.9 Å². The van der Waals surface area contributed by atoms with E-state index in [4.69, 9.17) is 0 Å². The summed E-state index contributed by atoms with van der Waals surface area (Å²) in [5, 5.41) is 6.95. The summed E-state index contributed by atoms with van der Waals surface area (Å²) in [4.78, 5) is 20.8. The van der Waals surface area contributed by atoms with E-state index in [1.165, 1.54) is 11.9 Å². The second-order valence-corrected chi connectivity index (χ2v) is 6.97. The topological polar surface area (TPSA) is 66.9 Å². The second-order valence-electron chi connectivity index (χ2n) is 6.06. The van der Waals surface area contributed by atoms with Gasteiger partial charge in [-0.05, 0) is 50.1 Å². The molecule has 0 aliphatic carbocycles. The number of aryl methyl sites for hydroxylation is 3. The molecule has 0 saturated carbocycles. The SMILES string of the molecule is Cc1cc(C)c(NC(=O)CNc2ncnc3ccc(Br)cc23)c(C)c1. The summed E-state index contributed by atoms with van der Waals surface area (Å²) < 4.78 is 0.938. The molecule has 0 unspecified atom stereocenters. The third-order valence-electron chi connectivity index (χ3n) is 3.96. The van der Waals surface area contributed by atoms with E-state index in [1.807, 2.05) is 39.0 Å². The van der Waals surface area contributed by atoms with Gasteiger partial charge in [0.15, 0.2) is 0 Å². The first-order valence-corrected chi connectivity index (χ1v) is 8.75. The minimum absolute atomic E-state index is 0.114. The number of fused-ring (bicyclic) bond motifs is 1. The Morgan fingerprint density at radius 3 is 2.52 bits per heavy atom. The predicted molar refractivity (Wildman–Crippen MR) is 105 cm³/mol. The lowest BCUT2D eigenvalue weighted by atomic mass is 10.1. The number of hydrogen-bond donors (Lipinski definition) is 2. The van der Waals surface area contributed by atoms with Gasteiger partial charge in [0.2, 0.25) is 5.91 Å². The van der Waals surface area contributed by atoms with E-state index in [2.05, 4.69) is 48.7 Å². The van der Waals surface area contributed by atoms with Crippen LogP contribution in [-0.4, -0.2) is 22.4 Å². The first kappa shape index (κ1) is 17.4. The molecule has 2 aromatic carbocycles. The minimum Gasteiger partial charge on any atom is -0.360 e. The summed E-state index contributed by atoms with van der Waals surface area (Å²) in [5.41, 5.74) is 4.99. The molecule has 0 fully saturated rings. The van der Waals surface area contributed by atoms with E-state index < -0.39 is 0 Å². The lowest BCUT2D eigenvalue weighted by Crippen LogP contribution is -2.23. The third-order valence-corrected chi connectivity index (χ3v) is 4.45. The Hall–Kier alpha value is -2.47. The zero-order chi connectivity index (χ0) is 18.0. The van der Waals surface area contributed by atoms with Crippen molar-refractivity contribution >= 4 is 44.2 Å². The molecule has 25 heavy (non-hydrogen) atoms. The van der Waals surface area contributed by atoms with Crippen molar-refractivity contribution < 1.29 is 4.79 Å². The number of hydrogen-bond acceptors (Lipinski definition) is 4. The van der Waals surface area contributed by atoms with Gasteiger partial charge in [-0.1, -0.05) is 33.6 Å². The number of carbonyl (C=O) groups is 1. The fraction of sp³-hybridized carbons (Fsp3) is 0.211. The summed E-state index contributed by atoms with van der Waals surface area (Å²) in [5.74, 6) is 0.524. The maximum atomic E-state index is 12.4. The van der Waals surface area contributed by atoms with Crippen LogP contribution in [0.3, 0.4) is 0 Å². The fourth-order valence-corrected chi connectivity index (χ4v) is 3.26. The van der Waals surface area contributed by atoms with Gasteiger partial charge >= 0.3 is 0 Å². The number of anilines is 2. The number of nitrogens with zero attached hydrogens (tertiary/aromatic N) is 2. The Kier molecular flexibility index (Phi) is 4.99. The molecular formula is C19H19BrN4O. The molecule has 0 aliphatic heterocycles. The van der Waals surface area contributed by atoms with E-state index in [0.29, 0.717) is 5.82 Å². The molecule has 0 spiro atoms. The van der Waals surface area contributed by atoms with Crippen LogP contribution >= 0.6 is 15.9 Å². The van der Waals surface area contributed by atoms with Crippen LogP contribution in [-0.2, 0) is 4.79 Å². The fourth-order valence-electron chi connectivity index (χ4n) is 2.89. The van der Waals surface area contributed by atoms with Crippen LogP contribution in [0.1, 0.15) is 16.7 Å². The Morgan fingerprint density at radius 1 is 1.08 bits per heavy atom. The van der Waals surface area contributed by atoms with Gasteiger partial charge in [0.25, 0.3) is 0 Å². The Bertz CT molecular complexity index is 932. The average molecular weight is 399 g/mol. The van der Waals surface area contributed by atoms with Gasteiger partial charge in [0, 0.05) is 15.5 Å². The Balaban J connectivity index is 1.74. The summed E-state index contributed by atoms with van der Waals surface area (Å²) in [6.45, 7) is 6.17. The number of aromatic nitrogens is 2. The minimum atomic E-state index is -0.114. The second kappa shape index (κ2) is 7.19. The quantitative estimate of drug-likeness (QED) is 0.684. The van der Waals surface area contributed by atoms with Gasteiger partial charge in [-0.25, -0.2) is 9.97 Å². The third kappa shape index (κ3) is 3.96. The number of amides is 1. The molecule has 3 rings (SSSR count). The highest BCUT2D eigenvalue weighted by Gasteiger charge is 2.10. The molecule has 0 aliphatic rings. The average Bonchev–Trinajstić information content (AvgIpc) is 2.56. The van der Waals surface area contributed by atoms with E-state index in [-0.39, 0.29) is 12.5 Å². The number of carbonyl (C=O) groups excluding carboxylic acids is 1. The van der Waals surface area contributed by atoms with Crippen molar-refractivity contribution in [3.05, 3.63) is 57.8 Å². The Morgan fingerprint density at radius 2 is 1.80 bits per heavy atom. The largest absolute Gasteiger partial charge is 0.360 e. The Labute approximate surface area is 155 Å². The first-order chi connectivity index (χ1) is 11.9. The highest BCUT2D eigenvalue weighted by molar-refractivity contribution is 9.10. The summed E-state index contributed by atoms with van der Waals surface area (Å²) in [6.07, 6.45) is 1.49. The lowest BCUT2D eigenvalue weighted by molar-refractivity contribution is -0.114. The zero-order valence-corrected chi connectivity index (χ0v) is 15.9. The van der Waals surface area contributed by atoms with E-state index in [9.17, 15) is 4.79 Å². The van der Waals surface area contributed by atoms with Gasteiger partial charge < -0.3 is 10.6 Å². The maximum absolute atomic E-state index is 12.4. The highest BCUT2D eigenvalue weighted by atomic mass is 79.9. The summed E-state index contributed by atoms with van der Waals surface area (Å²) in [7, 11) is 0. The molecule has 128 valence electrons. The van der Waals surface area contributed by atoms with Crippen molar-refractivity contribution in [3.8, 4) is 0 Å². The van der Waals surface area contributed by atoms with Gasteiger partial charge in [0.1, 0.15) is 12.1 Å². The predicted octanol–water partition coefficient (Wildman–Crippen LogP) is 4.37. The van der Waals surface area contributed by atoms with Crippen molar-refractivity contribution in [3.63, 3.8) is 0 Å². The first-order valence-electron chi connectivity index (χ1n) is 7.96.